The Balaban J connectivity index is 4.30. The summed E-state index contributed by atoms with van der Waals surface area (Å²) in [7, 11) is -3.37. The van der Waals surface area contributed by atoms with Gasteiger partial charge in [0.25, 0.3) is 0 Å². The van der Waals surface area contributed by atoms with Gasteiger partial charge >= 0.3 is 5.97 Å². The molecule has 0 amide bonds. The van der Waals surface area contributed by atoms with Crippen molar-refractivity contribution in [1.29, 1.82) is 0 Å². The zero-order chi connectivity index (χ0) is 10.5. The van der Waals surface area contributed by atoms with Gasteiger partial charge < -0.3 is 5.11 Å². The molecule has 0 saturated carbocycles. The lowest BCUT2D eigenvalue weighted by molar-refractivity contribution is -0.136. The van der Waals surface area contributed by atoms with Gasteiger partial charge in [0.05, 0.1) is 12.2 Å². The molecule has 0 spiro atoms. The molecule has 0 aliphatic heterocycles. The quantitative estimate of drug-likeness (QED) is 0.675. The van der Waals surface area contributed by atoms with E-state index < -0.39 is 16.0 Å². The lowest BCUT2D eigenvalue weighted by Gasteiger charge is -2.17. The summed E-state index contributed by atoms with van der Waals surface area (Å²) >= 11 is 0. The minimum absolute atomic E-state index is 0.315. The predicted octanol–water partition coefficient (Wildman–Crippen LogP) is 0.133. The van der Waals surface area contributed by atoms with Gasteiger partial charge in [-0.3, -0.25) is 4.79 Å². The van der Waals surface area contributed by atoms with Crippen LogP contribution in [-0.4, -0.2) is 42.6 Å². The smallest absolute Gasteiger partial charge is 0.304 e. The van der Waals surface area contributed by atoms with E-state index in [0.29, 0.717) is 13.1 Å². The van der Waals surface area contributed by atoms with Crippen molar-refractivity contribution in [2.45, 2.75) is 20.3 Å². The van der Waals surface area contributed by atoms with Crippen LogP contribution in [0.5, 0.6) is 0 Å². The summed E-state index contributed by atoms with van der Waals surface area (Å²) in [6, 6.07) is 0. The van der Waals surface area contributed by atoms with Gasteiger partial charge in [-0.2, -0.15) is 0 Å². The Morgan fingerprint density at radius 3 is 2.08 bits per heavy atom. The van der Waals surface area contributed by atoms with Crippen molar-refractivity contribution in [3.8, 4) is 0 Å². The van der Waals surface area contributed by atoms with Gasteiger partial charge in [0.2, 0.25) is 10.0 Å². The van der Waals surface area contributed by atoms with Crippen molar-refractivity contribution in [3.05, 3.63) is 0 Å². The SMILES string of the molecule is CCN(CC)S(=O)(=O)CCC(=O)O. The first-order valence-electron chi connectivity index (χ1n) is 4.13. The molecule has 6 heteroatoms. The molecule has 1 N–H and O–H groups in total. The molecule has 0 heterocycles. The van der Waals surface area contributed by atoms with E-state index in [4.69, 9.17) is 5.11 Å². The summed E-state index contributed by atoms with van der Waals surface area (Å²) in [6.45, 7) is 4.22. The zero-order valence-electron chi connectivity index (χ0n) is 7.86. The van der Waals surface area contributed by atoms with Crippen molar-refractivity contribution >= 4 is 16.0 Å². The molecule has 0 saturated heterocycles. The van der Waals surface area contributed by atoms with Gasteiger partial charge in [-0.15, -0.1) is 0 Å². The van der Waals surface area contributed by atoms with Gasteiger partial charge in [0, 0.05) is 13.1 Å². The van der Waals surface area contributed by atoms with Gasteiger partial charge in [-0.05, 0) is 0 Å². The monoisotopic (exact) mass is 209 g/mol. The second-order valence-electron chi connectivity index (χ2n) is 2.54. The van der Waals surface area contributed by atoms with Crippen molar-refractivity contribution in [1.82, 2.24) is 4.31 Å². The molecule has 0 aromatic heterocycles. The number of nitrogens with zero attached hydrogens (tertiary/aromatic N) is 1. The fourth-order valence-corrected chi connectivity index (χ4v) is 2.44. The third-order valence-electron chi connectivity index (χ3n) is 1.67. The second-order valence-corrected chi connectivity index (χ2v) is 4.63. The van der Waals surface area contributed by atoms with E-state index in [2.05, 4.69) is 0 Å². The van der Waals surface area contributed by atoms with Crippen molar-refractivity contribution < 1.29 is 18.3 Å². The Hall–Kier alpha value is -0.620. The average Bonchev–Trinajstić information content (AvgIpc) is 2.03. The van der Waals surface area contributed by atoms with Crippen LogP contribution < -0.4 is 0 Å². The van der Waals surface area contributed by atoms with E-state index >= 15 is 0 Å². The molecular weight excluding hydrogens is 194 g/mol. The first kappa shape index (κ1) is 12.4. The number of carboxylic acids is 1. The number of hydrogen-bond donors (Lipinski definition) is 1. The van der Waals surface area contributed by atoms with Crippen molar-refractivity contribution in [2.75, 3.05) is 18.8 Å². The molecule has 0 fully saturated rings. The van der Waals surface area contributed by atoms with Crippen LogP contribution in [-0.2, 0) is 14.8 Å². The molecule has 0 radical (unpaired) electrons. The molecule has 0 rings (SSSR count). The molecule has 0 aliphatic carbocycles. The molecule has 0 atom stereocenters. The zero-order valence-corrected chi connectivity index (χ0v) is 8.67. The van der Waals surface area contributed by atoms with Gasteiger partial charge in [0.1, 0.15) is 0 Å². The van der Waals surface area contributed by atoms with Crippen LogP contribution in [0.25, 0.3) is 0 Å². The molecule has 13 heavy (non-hydrogen) atoms. The maximum Gasteiger partial charge on any atom is 0.304 e. The summed E-state index contributed by atoms with van der Waals surface area (Å²) in [4.78, 5) is 10.2. The van der Waals surface area contributed by atoms with E-state index in [1.165, 1.54) is 4.31 Å². The number of carboxylic acid groups (broad SMARTS) is 1. The predicted molar refractivity (Wildman–Crippen MR) is 49.0 cm³/mol. The molecule has 5 nitrogen and oxygen atoms in total. The molecular formula is C7H15NO4S. The molecule has 0 aromatic rings. The Morgan fingerprint density at radius 2 is 1.77 bits per heavy atom. The molecule has 0 aliphatic rings. The van der Waals surface area contributed by atoms with Crippen molar-refractivity contribution in [2.24, 2.45) is 0 Å². The van der Waals surface area contributed by atoms with Crippen LogP contribution in [0.15, 0.2) is 0 Å². The Morgan fingerprint density at radius 1 is 1.31 bits per heavy atom. The fraction of sp³-hybridized carbons (Fsp3) is 0.857. The van der Waals surface area contributed by atoms with Crippen LogP contribution in [0.1, 0.15) is 20.3 Å². The van der Waals surface area contributed by atoms with Gasteiger partial charge in [-0.1, -0.05) is 13.8 Å². The first-order chi connectivity index (χ1) is 5.94. The van der Waals surface area contributed by atoms with Gasteiger partial charge in [-0.25, -0.2) is 12.7 Å². The third-order valence-corrected chi connectivity index (χ3v) is 3.70. The summed E-state index contributed by atoms with van der Waals surface area (Å²) in [5, 5.41) is 8.32. The van der Waals surface area contributed by atoms with E-state index in [1.54, 1.807) is 13.8 Å². The normalized spacial score (nSPS) is 11.9. The fourth-order valence-electron chi connectivity index (χ4n) is 0.962. The van der Waals surface area contributed by atoms with E-state index in [-0.39, 0.29) is 12.2 Å². The number of sulfonamides is 1. The van der Waals surface area contributed by atoms with Crippen LogP contribution >= 0.6 is 0 Å². The summed E-state index contributed by atoms with van der Waals surface area (Å²) in [5.41, 5.74) is 0. The number of carbonyl (C=O) groups is 1. The molecule has 0 unspecified atom stereocenters. The van der Waals surface area contributed by atoms with Crippen LogP contribution in [0.4, 0.5) is 0 Å². The van der Waals surface area contributed by atoms with E-state index in [0.717, 1.165) is 0 Å². The topological polar surface area (TPSA) is 74.7 Å². The van der Waals surface area contributed by atoms with Crippen LogP contribution in [0.2, 0.25) is 0 Å². The molecule has 0 bridgehead atoms. The Kier molecular flexibility index (Phi) is 4.94. The van der Waals surface area contributed by atoms with E-state index in [9.17, 15) is 13.2 Å². The van der Waals surface area contributed by atoms with Crippen LogP contribution in [0.3, 0.4) is 0 Å². The van der Waals surface area contributed by atoms with Crippen LogP contribution in [0, 0.1) is 0 Å². The highest BCUT2D eigenvalue weighted by atomic mass is 32.2. The Labute approximate surface area is 78.4 Å². The highest BCUT2D eigenvalue weighted by molar-refractivity contribution is 7.89. The summed E-state index contributed by atoms with van der Waals surface area (Å²) < 4.78 is 24.0. The minimum atomic E-state index is -3.37. The summed E-state index contributed by atoms with van der Waals surface area (Å²) in [5.74, 6) is -1.40. The van der Waals surface area contributed by atoms with E-state index in [1.807, 2.05) is 0 Å². The van der Waals surface area contributed by atoms with Gasteiger partial charge in [0.15, 0.2) is 0 Å². The number of hydrogen-bond acceptors (Lipinski definition) is 3. The average molecular weight is 209 g/mol. The minimum Gasteiger partial charge on any atom is -0.481 e. The summed E-state index contributed by atoms with van der Waals surface area (Å²) in [6.07, 6.45) is -0.334. The largest absolute Gasteiger partial charge is 0.481 e. The van der Waals surface area contributed by atoms with Crippen molar-refractivity contribution in [3.63, 3.8) is 0 Å². The maximum absolute atomic E-state index is 11.4. The molecule has 0 aromatic carbocycles. The lowest BCUT2D eigenvalue weighted by atomic mass is 10.5. The Bertz CT molecular complexity index is 256. The first-order valence-corrected chi connectivity index (χ1v) is 5.74. The lowest BCUT2D eigenvalue weighted by Crippen LogP contribution is -2.33. The third kappa shape index (κ3) is 4.23. The standard InChI is InChI=1S/C7H15NO4S/c1-3-8(4-2)13(11,12)6-5-7(9)10/h3-6H2,1-2H3,(H,9,10). The number of rotatable bonds is 6. The second kappa shape index (κ2) is 5.18. The number of aliphatic carboxylic acids is 1. The highest BCUT2D eigenvalue weighted by Crippen LogP contribution is 2.02. The molecule has 78 valence electrons. The highest BCUT2D eigenvalue weighted by Gasteiger charge is 2.19. The maximum atomic E-state index is 11.4.